The van der Waals surface area contributed by atoms with Gasteiger partial charge in [-0.1, -0.05) is 12.1 Å². The summed E-state index contributed by atoms with van der Waals surface area (Å²) < 4.78 is 47.4. The molecule has 0 unspecified atom stereocenters. The monoisotopic (exact) mass is 399 g/mol. The van der Waals surface area contributed by atoms with Gasteiger partial charge in [-0.05, 0) is 24.6 Å². The van der Waals surface area contributed by atoms with Crippen LogP contribution in [0.4, 0.5) is 4.39 Å². The quantitative estimate of drug-likeness (QED) is 0.674. The van der Waals surface area contributed by atoms with Crippen molar-refractivity contribution in [3.05, 3.63) is 48.2 Å². The molecule has 1 aliphatic heterocycles. The van der Waals surface area contributed by atoms with Gasteiger partial charge >= 0.3 is 0 Å². The van der Waals surface area contributed by atoms with Crippen molar-refractivity contribution in [3.63, 3.8) is 0 Å². The summed E-state index contributed by atoms with van der Waals surface area (Å²) in [6.07, 6.45) is -0.0580. The first-order valence-electron chi connectivity index (χ1n) is 8.40. The molecule has 1 aromatic heterocycles. The summed E-state index contributed by atoms with van der Waals surface area (Å²) in [6.45, 7) is 1.16. The summed E-state index contributed by atoms with van der Waals surface area (Å²) in [7, 11) is -2.31. The normalized spacial score (nSPS) is 29.0. The Balaban J connectivity index is 1.78. The van der Waals surface area contributed by atoms with E-state index in [0.717, 1.165) is 0 Å². The highest BCUT2D eigenvalue weighted by molar-refractivity contribution is 7.89. The first kappa shape index (κ1) is 19.9. The maximum Gasteiger partial charge on any atom is 0.259 e. The van der Waals surface area contributed by atoms with Crippen molar-refractivity contribution in [1.82, 2.24) is 14.3 Å². The number of ether oxygens (including phenoxy) is 1. The van der Waals surface area contributed by atoms with Crippen LogP contribution in [0.15, 0.2) is 41.8 Å². The molecule has 0 bridgehead atoms. The van der Waals surface area contributed by atoms with E-state index in [2.05, 4.69) is 9.71 Å². The summed E-state index contributed by atoms with van der Waals surface area (Å²) in [5, 5.41) is 21.2. The van der Waals surface area contributed by atoms with E-state index in [1.807, 2.05) is 0 Å². The predicted molar refractivity (Wildman–Crippen MR) is 93.7 cm³/mol. The second-order valence-corrected chi connectivity index (χ2v) is 8.55. The highest BCUT2D eigenvalue weighted by Gasteiger charge is 2.47. The number of rotatable bonds is 5. The fourth-order valence-electron chi connectivity index (χ4n) is 3.13. The number of aliphatic hydroxyl groups is 2. The van der Waals surface area contributed by atoms with Crippen molar-refractivity contribution < 1.29 is 27.8 Å². The summed E-state index contributed by atoms with van der Waals surface area (Å²) in [5.74, 6) is -0.402. The molecule has 4 atom stereocenters. The molecule has 27 heavy (non-hydrogen) atoms. The van der Waals surface area contributed by atoms with Gasteiger partial charge in [-0.3, -0.25) is 0 Å². The van der Waals surface area contributed by atoms with Crippen molar-refractivity contribution in [2.24, 2.45) is 7.05 Å². The van der Waals surface area contributed by atoms with Gasteiger partial charge in [0.05, 0.1) is 18.5 Å². The van der Waals surface area contributed by atoms with Crippen molar-refractivity contribution >= 4 is 10.0 Å². The average Bonchev–Trinajstić information content (AvgIpc) is 3.06. The fraction of sp³-hybridized carbons (Fsp3) is 0.471. The summed E-state index contributed by atoms with van der Waals surface area (Å²) in [5.41, 5.74) is -1.14. The molecule has 10 heteroatoms. The van der Waals surface area contributed by atoms with Crippen LogP contribution in [0.25, 0.3) is 0 Å². The van der Waals surface area contributed by atoms with Gasteiger partial charge in [0.15, 0.2) is 5.03 Å². The molecule has 1 saturated heterocycles. The molecule has 1 fully saturated rings. The molecule has 2 heterocycles. The number of nitrogens with zero attached hydrogens (tertiary/aromatic N) is 2. The van der Waals surface area contributed by atoms with Crippen molar-refractivity contribution in [2.75, 3.05) is 6.54 Å². The van der Waals surface area contributed by atoms with Gasteiger partial charge in [0, 0.05) is 26.2 Å². The van der Waals surface area contributed by atoms with Crippen LogP contribution in [0.1, 0.15) is 25.0 Å². The van der Waals surface area contributed by atoms with E-state index in [9.17, 15) is 23.0 Å². The van der Waals surface area contributed by atoms with Gasteiger partial charge in [0.1, 0.15) is 17.5 Å². The van der Waals surface area contributed by atoms with Crippen LogP contribution in [-0.4, -0.2) is 52.5 Å². The second kappa shape index (κ2) is 7.28. The fourth-order valence-corrected chi connectivity index (χ4v) is 4.21. The molecular weight excluding hydrogens is 377 g/mol. The molecule has 0 saturated carbocycles. The average molecular weight is 399 g/mol. The van der Waals surface area contributed by atoms with Crippen LogP contribution in [-0.2, 0) is 21.8 Å². The molecule has 3 N–H and O–H groups in total. The predicted octanol–water partition coefficient (Wildman–Crippen LogP) is 0.480. The van der Waals surface area contributed by atoms with Crippen molar-refractivity contribution in [2.45, 2.75) is 42.3 Å². The van der Waals surface area contributed by atoms with Gasteiger partial charge in [0.25, 0.3) is 10.0 Å². The zero-order valence-corrected chi connectivity index (χ0v) is 15.7. The zero-order valence-electron chi connectivity index (χ0n) is 14.9. The third kappa shape index (κ3) is 4.19. The van der Waals surface area contributed by atoms with Crippen LogP contribution in [0, 0.1) is 5.82 Å². The lowest BCUT2D eigenvalue weighted by molar-refractivity contribution is -0.209. The summed E-state index contributed by atoms with van der Waals surface area (Å²) in [4.78, 5) is 3.79. The maximum atomic E-state index is 13.1. The number of sulfonamides is 1. The number of imidazole rings is 1. The molecule has 0 spiro atoms. The van der Waals surface area contributed by atoms with E-state index in [1.165, 1.54) is 41.4 Å². The molecule has 0 amide bonds. The SMILES string of the molecule is C[C@H]1O[C@@H](c2ccc(F)cc2)C[C@@](O)(CNS(=O)(=O)c2cn(C)cn2)[C@@H]1O. The largest absolute Gasteiger partial charge is 0.387 e. The minimum Gasteiger partial charge on any atom is -0.387 e. The Morgan fingerprint density at radius 1 is 1.41 bits per heavy atom. The number of aliphatic hydroxyl groups excluding tert-OH is 1. The number of benzene rings is 1. The van der Waals surface area contributed by atoms with Crippen LogP contribution < -0.4 is 4.72 Å². The number of hydrogen-bond donors (Lipinski definition) is 3. The topological polar surface area (TPSA) is 114 Å². The minimum atomic E-state index is -3.95. The van der Waals surface area contributed by atoms with E-state index in [1.54, 1.807) is 14.0 Å². The van der Waals surface area contributed by atoms with Crippen LogP contribution in [0.5, 0.6) is 0 Å². The smallest absolute Gasteiger partial charge is 0.259 e. The lowest BCUT2D eigenvalue weighted by atomic mass is 9.82. The number of halogens is 1. The Morgan fingerprint density at radius 3 is 2.67 bits per heavy atom. The summed E-state index contributed by atoms with van der Waals surface area (Å²) in [6, 6.07) is 5.61. The second-order valence-electron chi connectivity index (χ2n) is 6.84. The van der Waals surface area contributed by atoms with Gasteiger partial charge in [-0.15, -0.1) is 0 Å². The molecule has 0 aliphatic carbocycles. The molecule has 1 aliphatic rings. The molecule has 8 nitrogen and oxygen atoms in total. The molecule has 2 aromatic rings. The highest BCUT2D eigenvalue weighted by Crippen LogP contribution is 2.37. The molecule has 1 aromatic carbocycles. The van der Waals surface area contributed by atoms with E-state index < -0.39 is 46.3 Å². The number of hydrogen-bond acceptors (Lipinski definition) is 6. The van der Waals surface area contributed by atoms with E-state index in [-0.39, 0.29) is 11.4 Å². The first-order valence-corrected chi connectivity index (χ1v) is 9.88. The van der Waals surface area contributed by atoms with Gasteiger partial charge in [-0.2, -0.15) is 0 Å². The highest BCUT2D eigenvalue weighted by atomic mass is 32.2. The molecular formula is C17H22FN3O5S. The van der Waals surface area contributed by atoms with Gasteiger partial charge in [0.2, 0.25) is 0 Å². The number of aryl methyl sites for hydroxylation is 1. The lowest BCUT2D eigenvalue weighted by Crippen LogP contribution is -2.59. The Kier molecular flexibility index (Phi) is 5.37. The van der Waals surface area contributed by atoms with Crippen LogP contribution in [0.3, 0.4) is 0 Å². The Morgan fingerprint density at radius 2 is 2.07 bits per heavy atom. The van der Waals surface area contributed by atoms with Gasteiger partial charge < -0.3 is 19.5 Å². The van der Waals surface area contributed by atoms with E-state index >= 15 is 0 Å². The van der Waals surface area contributed by atoms with Crippen LogP contribution in [0.2, 0.25) is 0 Å². The Hall–Kier alpha value is -1.85. The standard InChI is InChI=1S/C17H22FN3O5S/c1-11-16(22)17(23,7-14(26-11)12-3-5-13(18)6-4-12)9-20-27(24,25)15-8-21(2)10-19-15/h3-6,8,10-11,14,16,20,22-23H,7,9H2,1-2H3/t11-,14-,16-,17-/m1/s1. The third-order valence-electron chi connectivity index (χ3n) is 4.68. The van der Waals surface area contributed by atoms with E-state index in [4.69, 9.17) is 4.74 Å². The van der Waals surface area contributed by atoms with Gasteiger partial charge in [-0.25, -0.2) is 22.5 Å². The molecule has 3 rings (SSSR count). The minimum absolute atomic E-state index is 0.0606. The maximum absolute atomic E-state index is 13.1. The molecule has 148 valence electrons. The first-order chi connectivity index (χ1) is 12.6. The zero-order chi connectivity index (χ0) is 19.8. The number of aromatic nitrogens is 2. The lowest BCUT2D eigenvalue weighted by Gasteiger charge is -2.44. The van der Waals surface area contributed by atoms with Crippen molar-refractivity contribution in [3.8, 4) is 0 Å². The summed E-state index contributed by atoms with van der Waals surface area (Å²) >= 11 is 0. The number of nitrogens with one attached hydrogen (secondary N) is 1. The third-order valence-corrected chi connectivity index (χ3v) is 5.97. The van der Waals surface area contributed by atoms with Crippen LogP contribution >= 0.6 is 0 Å². The Bertz CT molecular complexity index is 902. The van der Waals surface area contributed by atoms with E-state index in [0.29, 0.717) is 5.56 Å². The van der Waals surface area contributed by atoms with Crippen molar-refractivity contribution in [1.29, 1.82) is 0 Å². The molecule has 0 radical (unpaired) electrons. The Labute approximate surface area is 156 Å².